The monoisotopic (exact) mass is 412 g/mol. The van der Waals surface area contributed by atoms with Crippen LogP contribution < -0.4 is 0 Å². The molecule has 4 aliphatic carbocycles. The molecule has 2 N–H and O–H groups in total. The minimum Gasteiger partial charge on any atom is -0.463 e. The molecule has 8 nitrogen and oxygen atoms in total. The number of carbonyl (C=O) groups excluding carboxylic acids is 2. The molecule has 4 fully saturated rings. The SMILES string of the molecule is O=C(COC(=O)C(F)(F)SOOO)OCC12CC3CC(CC(CO)(C3)C1)C2. The lowest BCUT2D eigenvalue weighted by Crippen LogP contribution is -2.55. The third-order valence-corrected chi connectivity index (χ3v) is 6.41. The number of aliphatic hydroxyl groups excluding tert-OH is 1. The van der Waals surface area contributed by atoms with Crippen molar-refractivity contribution < 1.29 is 47.6 Å². The number of aliphatic hydroxyl groups is 1. The molecule has 0 saturated heterocycles. The van der Waals surface area contributed by atoms with Crippen molar-refractivity contribution in [1.29, 1.82) is 0 Å². The number of alkyl halides is 2. The van der Waals surface area contributed by atoms with Crippen LogP contribution in [0.2, 0.25) is 0 Å². The lowest BCUT2D eigenvalue weighted by atomic mass is 9.44. The van der Waals surface area contributed by atoms with Crippen molar-refractivity contribution in [3.63, 3.8) is 0 Å². The fourth-order valence-electron chi connectivity index (χ4n) is 5.58. The number of carbonyl (C=O) groups is 2. The normalized spacial score (nSPS) is 34.5. The Hall–Kier alpha value is -1.01. The maximum Gasteiger partial charge on any atom is 0.415 e. The number of ether oxygens (including phenoxy) is 2. The molecule has 4 saturated carbocycles. The van der Waals surface area contributed by atoms with Crippen LogP contribution in [0.5, 0.6) is 0 Å². The molecule has 2 atom stereocenters. The van der Waals surface area contributed by atoms with Gasteiger partial charge in [0.25, 0.3) is 0 Å². The molecule has 27 heavy (non-hydrogen) atoms. The fourth-order valence-corrected chi connectivity index (χ4v) is 5.82. The fraction of sp³-hybridized carbons (Fsp3) is 0.875. The number of hydrogen-bond donors (Lipinski definition) is 2. The largest absolute Gasteiger partial charge is 0.463 e. The molecule has 2 unspecified atom stereocenters. The second kappa shape index (κ2) is 7.78. The van der Waals surface area contributed by atoms with Crippen molar-refractivity contribution in [3.8, 4) is 0 Å². The molecular formula is C16H22F2O8S. The standard InChI is InChI=1S/C16H22F2O8S/c17-16(18,27-26-25-22)13(21)23-6-12(20)24-9-15-4-10-1-11(5-15)3-14(2-10,7-15)8-19/h10-11,19,22H,1-9H2. The van der Waals surface area contributed by atoms with Crippen LogP contribution in [0.3, 0.4) is 0 Å². The van der Waals surface area contributed by atoms with Gasteiger partial charge in [-0.2, -0.15) is 8.78 Å². The maximum atomic E-state index is 13.2. The lowest BCUT2D eigenvalue weighted by Gasteiger charge is -2.61. The smallest absolute Gasteiger partial charge is 0.415 e. The van der Waals surface area contributed by atoms with Crippen molar-refractivity contribution in [2.45, 2.75) is 43.8 Å². The van der Waals surface area contributed by atoms with Crippen molar-refractivity contribution in [1.82, 2.24) is 0 Å². The Labute approximate surface area is 158 Å². The topological polar surface area (TPSA) is 112 Å². The van der Waals surface area contributed by atoms with E-state index in [-0.39, 0.29) is 24.0 Å². The number of esters is 2. The van der Waals surface area contributed by atoms with E-state index in [4.69, 9.17) is 9.99 Å². The minimum atomic E-state index is -4.16. The number of hydrogen-bond acceptors (Lipinski definition) is 9. The first-order chi connectivity index (χ1) is 12.7. The van der Waals surface area contributed by atoms with Gasteiger partial charge in [0.15, 0.2) is 6.61 Å². The summed E-state index contributed by atoms with van der Waals surface area (Å²) in [7, 11) is 0. The van der Waals surface area contributed by atoms with Crippen LogP contribution in [-0.2, 0) is 28.4 Å². The summed E-state index contributed by atoms with van der Waals surface area (Å²) in [6, 6.07) is 0. The first-order valence-corrected chi connectivity index (χ1v) is 9.43. The Morgan fingerprint density at radius 1 is 1.11 bits per heavy atom. The van der Waals surface area contributed by atoms with Crippen LogP contribution in [0.4, 0.5) is 8.78 Å². The van der Waals surface area contributed by atoms with Crippen LogP contribution in [-0.4, -0.2) is 47.4 Å². The summed E-state index contributed by atoms with van der Waals surface area (Å²) in [6.07, 6.45) is 5.77. The highest BCUT2D eigenvalue weighted by Crippen LogP contribution is 2.65. The molecule has 0 amide bonds. The van der Waals surface area contributed by atoms with E-state index < -0.39 is 35.8 Å². The molecule has 4 rings (SSSR count). The van der Waals surface area contributed by atoms with E-state index in [1.807, 2.05) is 0 Å². The van der Waals surface area contributed by atoms with Gasteiger partial charge in [-0.05, 0) is 55.8 Å². The average molecular weight is 412 g/mol. The Kier molecular flexibility index (Phi) is 5.97. The predicted octanol–water partition coefficient (Wildman–Crippen LogP) is 2.31. The van der Waals surface area contributed by atoms with E-state index in [2.05, 4.69) is 14.1 Å². The Morgan fingerprint density at radius 3 is 2.33 bits per heavy atom. The highest BCUT2D eigenvalue weighted by molar-refractivity contribution is 7.96. The van der Waals surface area contributed by atoms with E-state index in [0.29, 0.717) is 11.8 Å². The molecular weight excluding hydrogens is 390 g/mol. The summed E-state index contributed by atoms with van der Waals surface area (Å²) in [5.41, 5.74) is -0.296. The van der Waals surface area contributed by atoms with Gasteiger partial charge < -0.3 is 14.6 Å². The zero-order chi connectivity index (χ0) is 19.7. The van der Waals surface area contributed by atoms with Crippen molar-refractivity contribution in [3.05, 3.63) is 0 Å². The van der Waals surface area contributed by atoms with E-state index >= 15 is 0 Å². The second-order valence-corrected chi connectivity index (χ2v) is 8.91. The summed E-state index contributed by atoms with van der Waals surface area (Å²) < 4.78 is 39.4. The van der Waals surface area contributed by atoms with Gasteiger partial charge in [0.1, 0.15) is 12.0 Å². The van der Waals surface area contributed by atoms with Crippen molar-refractivity contribution >= 4 is 24.0 Å². The molecule has 4 bridgehead atoms. The Balaban J connectivity index is 1.48. The van der Waals surface area contributed by atoms with Crippen molar-refractivity contribution in [2.24, 2.45) is 22.7 Å². The predicted molar refractivity (Wildman–Crippen MR) is 85.9 cm³/mol. The van der Waals surface area contributed by atoms with E-state index in [9.17, 15) is 23.5 Å². The molecule has 0 aromatic carbocycles. The molecule has 0 radical (unpaired) electrons. The third-order valence-electron chi connectivity index (χ3n) is 5.91. The molecule has 4 aliphatic rings. The van der Waals surface area contributed by atoms with Gasteiger partial charge in [-0.1, -0.05) is 5.04 Å². The van der Waals surface area contributed by atoms with Gasteiger partial charge in [-0.15, -0.1) is 4.33 Å². The summed E-state index contributed by atoms with van der Waals surface area (Å²) in [5, 5.41) is 16.5. The molecule has 0 aromatic heterocycles. The van der Waals surface area contributed by atoms with Crippen LogP contribution >= 0.6 is 12.0 Å². The Bertz CT molecular complexity index is 573. The number of rotatable bonds is 9. The number of halogens is 2. The van der Waals surface area contributed by atoms with Crippen molar-refractivity contribution in [2.75, 3.05) is 19.8 Å². The highest BCUT2D eigenvalue weighted by Gasteiger charge is 2.57. The average Bonchev–Trinajstić information content (AvgIpc) is 2.61. The zero-order valence-corrected chi connectivity index (χ0v) is 15.3. The summed E-state index contributed by atoms with van der Waals surface area (Å²) in [5.74, 6) is -1.91. The van der Waals surface area contributed by atoms with Crippen LogP contribution in [0, 0.1) is 22.7 Å². The van der Waals surface area contributed by atoms with Gasteiger partial charge >= 0.3 is 17.2 Å². The summed E-state index contributed by atoms with van der Waals surface area (Å²) >= 11 is -0.763. The summed E-state index contributed by atoms with van der Waals surface area (Å²) in [6.45, 7) is -0.701. The third kappa shape index (κ3) is 4.53. The molecule has 0 heterocycles. The highest BCUT2D eigenvalue weighted by atomic mass is 32.2. The van der Waals surface area contributed by atoms with E-state index in [1.54, 1.807) is 0 Å². The van der Waals surface area contributed by atoms with Gasteiger partial charge in [0.2, 0.25) is 0 Å². The molecule has 154 valence electrons. The molecule has 0 aliphatic heterocycles. The first-order valence-electron chi connectivity index (χ1n) is 8.69. The van der Waals surface area contributed by atoms with Gasteiger partial charge in [-0.25, -0.2) is 14.8 Å². The quantitative estimate of drug-likeness (QED) is 0.255. The molecule has 0 spiro atoms. The van der Waals surface area contributed by atoms with Crippen LogP contribution in [0.1, 0.15) is 38.5 Å². The van der Waals surface area contributed by atoms with E-state index in [1.165, 1.54) is 0 Å². The van der Waals surface area contributed by atoms with Gasteiger partial charge in [0, 0.05) is 12.0 Å². The maximum absolute atomic E-state index is 13.2. The minimum absolute atomic E-state index is 0.100. The van der Waals surface area contributed by atoms with Crippen LogP contribution in [0.25, 0.3) is 0 Å². The van der Waals surface area contributed by atoms with Gasteiger partial charge in [-0.3, -0.25) is 0 Å². The first kappa shape index (κ1) is 20.7. The Morgan fingerprint density at radius 2 is 1.74 bits per heavy atom. The molecule has 11 heteroatoms. The second-order valence-electron chi connectivity index (χ2n) is 8.10. The van der Waals surface area contributed by atoms with Crippen LogP contribution in [0.15, 0.2) is 0 Å². The van der Waals surface area contributed by atoms with Gasteiger partial charge in [0.05, 0.1) is 6.61 Å². The van der Waals surface area contributed by atoms with E-state index in [0.717, 1.165) is 38.5 Å². The molecule has 0 aromatic rings. The zero-order valence-electron chi connectivity index (χ0n) is 14.5. The summed E-state index contributed by atoms with van der Waals surface area (Å²) in [4.78, 5) is 23.1. The lowest BCUT2D eigenvalue weighted by molar-refractivity contribution is -0.433.